The summed E-state index contributed by atoms with van der Waals surface area (Å²) in [4.78, 5) is 23.4. The minimum atomic E-state index is -1.03. The quantitative estimate of drug-likeness (QED) is 0.340. The van der Waals surface area contributed by atoms with Gasteiger partial charge >= 0.3 is 35.3 Å². The number of hydrogen-bond donors (Lipinski definition) is 5. The van der Waals surface area contributed by atoms with E-state index in [9.17, 15) is 19.8 Å². The van der Waals surface area contributed by atoms with Gasteiger partial charge in [-0.05, 0) is 12.1 Å². The van der Waals surface area contributed by atoms with E-state index < -0.39 is 40.7 Å². The Labute approximate surface area is 154 Å². The fraction of sp³-hybridized carbons (Fsp3) is 0.231. The van der Waals surface area contributed by atoms with Gasteiger partial charge < -0.3 is 32.6 Å². The average molecular weight is 561 g/mol. The molecule has 1 aromatic rings. The first-order chi connectivity index (χ1) is 10.5. The van der Waals surface area contributed by atoms with E-state index in [2.05, 4.69) is 5.32 Å². The predicted molar refractivity (Wildman–Crippen MR) is 85.1 cm³/mol. The summed E-state index contributed by atoms with van der Waals surface area (Å²) in [6.45, 7) is 0. The van der Waals surface area contributed by atoms with Gasteiger partial charge in [-0.2, -0.15) is 0 Å². The van der Waals surface area contributed by atoms with Crippen molar-refractivity contribution in [1.82, 2.24) is 17.6 Å². The molecule has 1 saturated heterocycles. The number of carbonyl (C=O) groups excluding carboxylic acids is 2. The molecule has 0 aromatic heterocycles. The van der Waals surface area contributed by atoms with Crippen molar-refractivity contribution >= 4 is 30.5 Å². The number of nitrogens with one attached hydrogen (secondary N) is 1. The van der Waals surface area contributed by atoms with Crippen molar-refractivity contribution < 1.29 is 41.0 Å². The van der Waals surface area contributed by atoms with Crippen LogP contribution in [0.4, 0.5) is 0 Å². The summed E-state index contributed by atoms with van der Waals surface area (Å²) in [6, 6.07) is 6.02. The Morgan fingerprint density at radius 1 is 1.25 bits per heavy atom. The number of ether oxygens (including phenoxy) is 1. The number of halogens is 2. The number of benzene rings is 1. The van der Waals surface area contributed by atoms with Crippen LogP contribution in [-0.2, 0) is 26.0 Å². The van der Waals surface area contributed by atoms with Crippen molar-refractivity contribution in [3.05, 3.63) is 41.6 Å². The van der Waals surface area contributed by atoms with Crippen LogP contribution in [0.25, 0.3) is 0 Å². The maximum atomic E-state index is 11.9. The molecule has 138 valence electrons. The molecule has 3 rings (SSSR count). The van der Waals surface area contributed by atoms with Gasteiger partial charge in [-0.15, -0.1) is 0 Å². The number of amides is 1. The van der Waals surface area contributed by atoms with E-state index in [1.54, 1.807) is 12.1 Å². The third kappa shape index (κ3) is 5.25. The number of rotatable bonds is 2. The molecule has 8 nitrogen and oxygen atoms in total. The summed E-state index contributed by atoms with van der Waals surface area (Å²) >= 11 is -0.472. The predicted octanol–water partition coefficient (Wildman–Crippen LogP) is 1.42. The number of carbonyl (C=O) groups is 2. The molecule has 1 amide bonds. The van der Waals surface area contributed by atoms with Gasteiger partial charge in [0.15, 0.2) is 5.78 Å². The normalized spacial score (nSPS) is 23.4. The van der Waals surface area contributed by atoms with E-state index in [-0.39, 0.29) is 35.1 Å². The number of para-hydroxylation sites is 1. The summed E-state index contributed by atoms with van der Waals surface area (Å²) < 4.78 is 4.99. The van der Waals surface area contributed by atoms with Crippen LogP contribution < -0.4 is 17.6 Å². The molecule has 3 atom stereocenters. The molecule has 1 fully saturated rings. The molecule has 1 aromatic carbocycles. The first-order valence-corrected chi connectivity index (χ1v) is 11.6. The second-order valence-electron chi connectivity index (χ2n) is 4.48. The topological polar surface area (TPSA) is 169 Å². The Kier molecular flexibility index (Phi) is 9.68. The van der Waals surface area contributed by atoms with E-state index in [4.69, 9.17) is 23.6 Å². The van der Waals surface area contributed by atoms with Gasteiger partial charge in [0.2, 0.25) is 0 Å². The van der Waals surface area contributed by atoms with Crippen LogP contribution in [0.3, 0.4) is 0 Å². The number of aliphatic hydroxyl groups is 1. The molecule has 1 heterocycles. The molecule has 0 saturated carbocycles. The van der Waals surface area contributed by atoms with Crippen molar-refractivity contribution in [2.24, 2.45) is 0 Å². The van der Waals surface area contributed by atoms with E-state index in [0.717, 1.165) is 6.08 Å². The number of phenols is 1. The summed E-state index contributed by atoms with van der Waals surface area (Å²) in [5, 5.41) is 21.8. The molecule has 1 aliphatic heterocycles. The van der Waals surface area contributed by atoms with Crippen LogP contribution in [-0.4, -0.2) is 40.2 Å². The summed E-state index contributed by atoms with van der Waals surface area (Å²) in [5.41, 5.74) is 0.166. The van der Waals surface area contributed by atoms with Gasteiger partial charge in [0.1, 0.15) is 24.1 Å². The zero-order chi connectivity index (χ0) is 16.3. The monoisotopic (exact) mass is 560 g/mol. The molecule has 0 bridgehead atoms. The number of ketones is 1. The third-order valence-electron chi connectivity index (χ3n) is 3.14. The van der Waals surface area contributed by atoms with Gasteiger partial charge in [-0.3, -0.25) is 9.59 Å². The number of aromatic hydroxyl groups is 1. The Balaban J connectivity index is 0.000000988. The van der Waals surface area contributed by atoms with Crippen LogP contribution in [0.1, 0.15) is 10.4 Å². The number of phenolic OH excluding ortho intramolecular Hbond substituents is 1. The van der Waals surface area contributed by atoms with E-state index in [1.807, 2.05) is 0 Å². The Morgan fingerprint density at radius 3 is 2.42 bits per heavy atom. The van der Waals surface area contributed by atoms with Crippen LogP contribution in [0.15, 0.2) is 36.0 Å². The van der Waals surface area contributed by atoms with Crippen molar-refractivity contribution in [1.29, 1.82) is 0 Å². The molecule has 0 spiro atoms. The molecular formula is C13H17Cl2N3O5Pt. The van der Waals surface area contributed by atoms with Gasteiger partial charge in [-0.25, -0.2) is 0 Å². The van der Waals surface area contributed by atoms with E-state index in [1.165, 1.54) is 12.1 Å². The fourth-order valence-corrected chi connectivity index (χ4v) is 2.06. The first kappa shape index (κ1) is 23.0. The molecule has 0 radical (unpaired) electrons. The maximum absolute atomic E-state index is 11.9. The summed E-state index contributed by atoms with van der Waals surface area (Å²) in [6.07, 6.45) is -1.02. The van der Waals surface area contributed by atoms with Crippen molar-refractivity contribution in [3.8, 4) is 5.75 Å². The van der Waals surface area contributed by atoms with Gasteiger partial charge in [0.05, 0.1) is 11.3 Å². The number of fused-ring (bicyclic) bond motifs is 1. The molecule has 9 N–H and O–H groups in total. The van der Waals surface area contributed by atoms with Gasteiger partial charge in [0, 0.05) is 6.08 Å². The zero-order valence-electron chi connectivity index (χ0n) is 12.2. The summed E-state index contributed by atoms with van der Waals surface area (Å²) in [7, 11) is 9.75. The Hall–Kier alpha value is -0.992. The Bertz CT molecular complexity index is 631. The fourth-order valence-electron chi connectivity index (χ4n) is 2.06. The van der Waals surface area contributed by atoms with Crippen LogP contribution in [0.5, 0.6) is 5.75 Å². The van der Waals surface area contributed by atoms with Gasteiger partial charge in [-0.1, -0.05) is 12.1 Å². The minimum absolute atomic E-state index is 0. The first-order valence-electron chi connectivity index (χ1n) is 6.00. The van der Waals surface area contributed by atoms with Crippen molar-refractivity contribution in [2.45, 2.75) is 18.3 Å². The van der Waals surface area contributed by atoms with E-state index >= 15 is 0 Å². The number of hydrogen-bond acceptors (Lipinski definition) is 7. The zero-order valence-corrected chi connectivity index (χ0v) is 16.0. The molecule has 2 aliphatic rings. The number of epoxide rings is 1. The summed E-state index contributed by atoms with van der Waals surface area (Å²) in [5.74, 6) is -1.03. The third-order valence-corrected chi connectivity index (χ3v) is 3.14. The van der Waals surface area contributed by atoms with Crippen molar-refractivity contribution in [2.75, 3.05) is 0 Å². The number of aliphatic hydroxyl groups excluding tert-OH is 1. The van der Waals surface area contributed by atoms with E-state index in [0.29, 0.717) is 0 Å². The molecule has 1 aliphatic carbocycles. The van der Waals surface area contributed by atoms with Crippen molar-refractivity contribution in [3.63, 3.8) is 0 Å². The SMILES string of the molecule is N.N.O=C(NC1=CC(=O)[C@H]2O[C@H]2[C@H]1O)c1ccccc1O.[Cl][Pt][Cl]. The standard InChI is InChI=1S/C13H11NO5.2ClH.2H3N.Pt/c15-8-4-2-1-3-6(8)13(18)14-7-5-9(16)11-12(19-11)10(7)17;;;;;/h1-5,10-12,15,17H,(H,14,18);2*1H;2*1H3;/q;;;;;+2/p-2/t10-,11+,12-;;;;;/m0...../s1. The molecule has 24 heavy (non-hydrogen) atoms. The second-order valence-corrected chi connectivity index (χ2v) is 7.77. The van der Waals surface area contributed by atoms with Crippen LogP contribution in [0.2, 0.25) is 0 Å². The second kappa shape index (κ2) is 10.1. The van der Waals surface area contributed by atoms with Gasteiger partial charge in [0.25, 0.3) is 5.91 Å². The van der Waals surface area contributed by atoms with Crippen LogP contribution >= 0.6 is 18.8 Å². The molecular weight excluding hydrogens is 544 g/mol. The Morgan fingerprint density at radius 2 is 1.83 bits per heavy atom. The molecule has 0 unspecified atom stereocenters. The molecule has 11 heteroatoms. The van der Waals surface area contributed by atoms with Crippen LogP contribution in [0, 0.1) is 0 Å². The average Bonchev–Trinajstić information content (AvgIpc) is 3.27.